The quantitative estimate of drug-likeness (QED) is 0.848. The van der Waals surface area contributed by atoms with Crippen LogP contribution in [0.25, 0.3) is 10.9 Å². The summed E-state index contributed by atoms with van der Waals surface area (Å²) in [6, 6.07) is 6.44. The average Bonchev–Trinajstić information content (AvgIpc) is 2.86. The number of rotatable bonds is 2. The van der Waals surface area contributed by atoms with Crippen molar-refractivity contribution < 1.29 is 4.79 Å². The highest BCUT2D eigenvalue weighted by atomic mass is 16.1. The molecule has 1 aromatic heterocycles. The first-order valence-electron chi connectivity index (χ1n) is 7.12. The number of aryl methyl sites for hydroxylation is 1. The molecule has 1 aliphatic rings. The summed E-state index contributed by atoms with van der Waals surface area (Å²) in [5.41, 5.74) is 2.84. The van der Waals surface area contributed by atoms with Crippen LogP contribution in [-0.2, 0) is 0 Å². The maximum absolute atomic E-state index is 12.4. The Morgan fingerprint density at radius 2 is 2.05 bits per heavy atom. The van der Waals surface area contributed by atoms with Crippen molar-refractivity contribution in [2.75, 3.05) is 0 Å². The highest BCUT2D eigenvalue weighted by Crippen LogP contribution is 2.21. The maximum Gasteiger partial charge on any atom is 0.253 e. The SMILES string of the molecule is Cc1cc(C(=O)NC2CCCCC2)c2[nH]ccc2c1. The van der Waals surface area contributed by atoms with Crippen LogP contribution in [0.2, 0.25) is 0 Å². The van der Waals surface area contributed by atoms with Crippen molar-refractivity contribution in [3.8, 4) is 0 Å². The third kappa shape index (κ3) is 2.50. The molecule has 0 saturated heterocycles. The van der Waals surface area contributed by atoms with Crippen LogP contribution in [0.3, 0.4) is 0 Å². The van der Waals surface area contributed by atoms with Gasteiger partial charge in [-0.15, -0.1) is 0 Å². The van der Waals surface area contributed by atoms with Crippen LogP contribution in [0.5, 0.6) is 0 Å². The second kappa shape index (κ2) is 5.08. The van der Waals surface area contributed by atoms with Crippen molar-refractivity contribution in [2.24, 2.45) is 0 Å². The van der Waals surface area contributed by atoms with Crippen LogP contribution >= 0.6 is 0 Å². The number of hydrogen-bond acceptors (Lipinski definition) is 1. The lowest BCUT2D eigenvalue weighted by Gasteiger charge is -2.23. The molecule has 2 aromatic rings. The molecule has 0 radical (unpaired) electrons. The molecule has 3 nitrogen and oxygen atoms in total. The zero-order valence-corrected chi connectivity index (χ0v) is 11.3. The number of nitrogens with one attached hydrogen (secondary N) is 2. The topological polar surface area (TPSA) is 44.9 Å². The van der Waals surface area contributed by atoms with E-state index in [1.165, 1.54) is 19.3 Å². The Bertz CT molecular complexity index is 594. The Morgan fingerprint density at radius 1 is 1.26 bits per heavy atom. The predicted molar refractivity (Wildman–Crippen MR) is 77.4 cm³/mol. The first-order chi connectivity index (χ1) is 9.24. The van der Waals surface area contributed by atoms with Crippen molar-refractivity contribution in [1.82, 2.24) is 10.3 Å². The number of aromatic amines is 1. The van der Waals surface area contributed by atoms with Gasteiger partial charge in [-0.2, -0.15) is 0 Å². The van der Waals surface area contributed by atoms with Crippen LogP contribution in [0.4, 0.5) is 0 Å². The Balaban J connectivity index is 1.86. The molecule has 100 valence electrons. The summed E-state index contributed by atoms with van der Waals surface area (Å²) >= 11 is 0. The Morgan fingerprint density at radius 3 is 2.84 bits per heavy atom. The van der Waals surface area contributed by atoms with Gasteiger partial charge >= 0.3 is 0 Å². The normalized spacial score (nSPS) is 16.7. The molecule has 3 heteroatoms. The lowest BCUT2D eigenvalue weighted by atomic mass is 9.95. The minimum atomic E-state index is 0.0584. The number of amides is 1. The van der Waals surface area contributed by atoms with E-state index in [1.54, 1.807) is 0 Å². The van der Waals surface area contributed by atoms with E-state index in [2.05, 4.69) is 16.4 Å². The van der Waals surface area contributed by atoms with E-state index in [1.807, 2.05) is 25.3 Å². The number of H-pyrrole nitrogens is 1. The van der Waals surface area contributed by atoms with Crippen LogP contribution in [-0.4, -0.2) is 16.9 Å². The summed E-state index contributed by atoms with van der Waals surface area (Å²) in [5, 5.41) is 4.29. The maximum atomic E-state index is 12.4. The minimum Gasteiger partial charge on any atom is -0.361 e. The monoisotopic (exact) mass is 256 g/mol. The van der Waals surface area contributed by atoms with Gasteiger partial charge in [0, 0.05) is 17.6 Å². The highest BCUT2D eigenvalue weighted by molar-refractivity contribution is 6.06. The van der Waals surface area contributed by atoms with Gasteiger partial charge in [0.15, 0.2) is 0 Å². The van der Waals surface area contributed by atoms with Crippen molar-refractivity contribution in [3.63, 3.8) is 0 Å². The molecule has 1 amide bonds. The van der Waals surface area contributed by atoms with E-state index in [0.29, 0.717) is 6.04 Å². The average molecular weight is 256 g/mol. The Labute approximate surface area is 113 Å². The second-order valence-electron chi connectivity index (χ2n) is 5.56. The molecule has 0 spiro atoms. The van der Waals surface area contributed by atoms with Gasteiger partial charge in [0.1, 0.15) is 0 Å². The number of carbonyl (C=O) groups is 1. The first-order valence-corrected chi connectivity index (χ1v) is 7.12. The second-order valence-corrected chi connectivity index (χ2v) is 5.56. The van der Waals surface area contributed by atoms with Gasteiger partial charge in [-0.25, -0.2) is 0 Å². The molecule has 0 unspecified atom stereocenters. The molecular weight excluding hydrogens is 236 g/mol. The fourth-order valence-corrected chi connectivity index (χ4v) is 3.01. The zero-order valence-electron chi connectivity index (χ0n) is 11.3. The summed E-state index contributed by atoms with van der Waals surface area (Å²) < 4.78 is 0. The van der Waals surface area contributed by atoms with Gasteiger partial charge in [0.2, 0.25) is 0 Å². The van der Waals surface area contributed by atoms with E-state index >= 15 is 0 Å². The largest absolute Gasteiger partial charge is 0.361 e. The zero-order chi connectivity index (χ0) is 13.2. The van der Waals surface area contributed by atoms with Gasteiger partial charge in [-0.1, -0.05) is 19.3 Å². The van der Waals surface area contributed by atoms with E-state index in [0.717, 1.165) is 34.9 Å². The number of carbonyl (C=O) groups excluding carboxylic acids is 1. The molecular formula is C16H20N2O. The van der Waals surface area contributed by atoms with Crippen LogP contribution in [0.15, 0.2) is 24.4 Å². The molecule has 1 saturated carbocycles. The third-order valence-electron chi connectivity index (χ3n) is 3.99. The number of hydrogen-bond donors (Lipinski definition) is 2. The Kier molecular flexibility index (Phi) is 3.28. The van der Waals surface area contributed by atoms with E-state index in [-0.39, 0.29) is 5.91 Å². The van der Waals surface area contributed by atoms with Crippen molar-refractivity contribution in [2.45, 2.75) is 45.1 Å². The van der Waals surface area contributed by atoms with Crippen molar-refractivity contribution in [1.29, 1.82) is 0 Å². The standard InChI is InChI=1S/C16H20N2O/c1-11-9-12-7-8-17-15(12)14(10-11)16(19)18-13-5-3-2-4-6-13/h7-10,13,17H,2-6H2,1H3,(H,18,19). The summed E-state index contributed by atoms with van der Waals surface area (Å²) in [4.78, 5) is 15.6. The molecule has 19 heavy (non-hydrogen) atoms. The van der Waals surface area contributed by atoms with Crippen LogP contribution < -0.4 is 5.32 Å². The van der Waals surface area contributed by atoms with Crippen LogP contribution in [0.1, 0.15) is 48.0 Å². The van der Waals surface area contributed by atoms with Gasteiger partial charge in [0.25, 0.3) is 5.91 Å². The summed E-state index contributed by atoms with van der Waals surface area (Å²) in [7, 11) is 0. The molecule has 1 aromatic carbocycles. The van der Waals surface area contributed by atoms with Gasteiger partial charge in [-0.05, 0) is 43.5 Å². The predicted octanol–water partition coefficient (Wildman–Crippen LogP) is 3.54. The molecule has 3 rings (SSSR count). The minimum absolute atomic E-state index is 0.0584. The molecule has 1 heterocycles. The smallest absolute Gasteiger partial charge is 0.253 e. The van der Waals surface area contributed by atoms with Gasteiger partial charge in [-0.3, -0.25) is 4.79 Å². The van der Waals surface area contributed by atoms with E-state index < -0.39 is 0 Å². The molecule has 1 aliphatic carbocycles. The van der Waals surface area contributed by atoms with Gasteiger partial charge in [0.05, 0.1) is 11.1 Å². The van der Waals surface area contributed by atoms with E-state index in [9.17, 15) is 4.79 Å². The highest BCUT2D eigenvalue weighted by Gasteiger charge is 2.18. The summed E-state index contributed by atoms with van der Waals surface area (Å²) in [6.45, 7) is 2.03. The lowest BCUT2D eigenvalue weighted by molar-refractivity contribution is 0.0929. The lowest BCUT2D eigenvalue weighted by Crippen LogP contribution is -2.36. The molecule has 1 fully saturated rings. The number of benzene rings is 1. The molecule has 0 bridgehead atoms. The van der Waals surface area contributed by atoms with Gasteiger partial charge < -0.3 is 10.3 Å². The third-order valence-corrected chi connectivity index (χ3v) is 3.99. The summed E-state index contributed by atoms with van der Waals surface area (Å²) in [6.07, 6.45) is 7.89. The fourth-order valence-electron chi connectivity index (χ4n) is 3.01. The van der Waals surface area contributed by atoms with E-state index in [4.69, 9.17) is 0 Å². The molecule has 2 N–H and O–H groups in total. The number of aromatic nitrogens is 1. The summed E-state index contributed by atoms with van der Waals surface area (Å²) in [5.74, 6) is 0.0584. The molecule has 0 aliphatic heterocycles. The number of fused-ring (bicyclic) bond motifs is 1. The van der Waals surface area contributed by atoms with Crippen molar-refractivity contribution >= 4 is 16.8 Å². The van der Waals surface area contributed by atoms with Crippen LogP contribution in [0, 0.1) is 6.92 Å². The Hall–Kier alpha value is -1.77. The fraction of sp³-hybridized carbons (Fsp3) is 0.438. The first kappa shape index (κ1) is 12.3. The molecule has 0 atom stereocenters. The van der Waals surface area contributed by atoms with Crippen molar-refractivity contribution in [3.05, 3.63) is 35.5 Å².